The maximum Gasteiger partial charge on any atom is 0.254 e. The standard InChI is InChI=1S/C25H24N2O4/c1-16-13-18(14-23(28)26(16)2)30-17-11-12-27(15-17)25(29)24-19-7-3-5-9-21(19)31-22-10-6-4-8-20(22)24/h3-10,13-14,17,24H,11-12,15H2,1-2H3. The molecule has 0 saturated carbocycles. The minimum absolute atomic E-state index is 0.0504. The first-order chi connectivity index (χ1) is 15.0. The van der Waals surface area contributed by atoms with Gasteiger partial charge in [-0.2, -0.15) is 0 Å². The molecular weight excluding hydrogens is 392 g/mol. The summed E-state index contributed by atoms with van der Waals surface area (Å²) in [7, 11) is 1.74. The fourth-order valence-electron chi connectivity index (χ4n) is 4.38. The third kappa shape index (κ3) is 3.48. The van der Waals surface area contributed by atoms with E-state index in [1.165, 1.54) is 6.07 Å². The summed E-state index contributed by atoms with van der Waals surface area (Å²) in [5, 5.41) is 0. The Morgan fingerprint density at radius 3 is 2.32 bits per heavy atom. The van der Waals surface area contributed by atoms with E-state index in [4.69, 9.17) is 9.47 Å². The number of ether oxygens (including phenoxy) is 2. The summed E-state index contributed by atoms with van der Waals surface area (Å²) in [6.45, 7) is 2.99. The van der Waals surface area contributed by atoms with Crippen molar-refractivity contribution in [3.8, 4) is 17.2 Å². The Kier molecular flexibility index (Phi) is 4.77. The van der Waals surface area contributed by atoms with Gasteiger partial charge in [-0.05, 0) is 25.1 Å². The summed E-state index contributed by atoms with van der Waals surface area (Å²) in [6, 6.07) is 18.8. The van der Waals surface area contributed by atoms with E-state index in [-0.39, 0.29) is 17.6 Å². The molecule has 0 aliphatic carbocycles. The van der Waals surface area contributed by atoms with Gasteiger partial charge in [-0.15, -0.1) is 0 Å². The van der Waals surface area contributed by atoms with Crippen LogP contribution in [0.1, 0.15) is 29.2 Å². The number of carbonyl (C=O) groups excluding carboxylic acids is 1. The number of para-hydroxylation sites is 2. The van der Waals surface area contributed by atoms with Crippen LogP contribution in [-0.4, -0.2) is 34.6 Å². The van der Waals surface area contributed by atoms with Crippen LogP contribution in [0.2, 0.25) is 0 Å². The highest BCUT2D eigenvalue weighted by molar-refractivity contribution is 5.90. The molecule has 2 aliphatic rings. The number of aromatic nitrogens is 1. The quantitative estimate of drug-likeness (QED) is 0.655. The lowest BCUT2D eigenvalue weighted by molar-refractivity contribution is -0.131. The van der Waals surface area contributed by atoms with Crippen LogP contribution in [0.25, 0.3) is 0 Å². The molecule has 0 spiro atoms. The van der Waals surface area contributed by atoms with Crippen molar-refractivity contribution in [3.05, 3.63) is 87.8 Å². The van der Waals surface area contributed by atoms with Crippen LogP contribution in [0.3, 0.4) is 0 Å². The van der Waals surface area contributed by atoms with Gasteiger partial charge in [0.15, 0.2) is 0 Å². The number of hydrogen-bond acceptors (Lipinski definition) is 4. The molecule has 6 nitrogen and oxygen atoms in total. The van der Waals surface area contributed by atoms with Crippen molar-refractivity contribution < 1.29 is 14.3 Å². The number of amides is 1. The van der Waals surface area contributed by atoms with E-state index in [1.807, 2.05) is 66.4 Å². The molecule has 0 bridgehead atoms. The Labute approximate surface area is 180 Å². The second-order valence-electron chi connectivity index (χ2n) is 8.15. The van der Waals surface area contributed by atoms with Crippen molar-refractivity contribution in [1.82, 2.24) is 9.47 Å². The van der Waals surface area contributed by atoms with Crippen LogP contribution in [0, 0.1) is 6.92 Å². The lowest BCUT2D eigenvalue weighted by Crippen LogP contribution is -2.36. The Morgan fingerprint density at radius 1 is 1.03 bits per heavy atom. The maximum atomic E-state index is 13.6. The first kappa shape index (κ1) is 19.4. The van der Waals surface area contributed by atoms with Gasteiger partial charge in [-0.1, -0.05) is 36.4 Å². The molecule has 3 heterocycles. The zero-order valence-corrected chi connectivity index (χ0v) is 17.6. The predicted molar refractivity (Wildman–Crippen MR) is 117 cm³/mol. The first-order valence-electron chi connectivity index (χ1n) is 10.5. The van der Waals surface area contributed by atoms with Crippen LogP contribution in [0.15, 0.2) is 65.5 Å². The number of fused-ring (bicyclic) bond motifs is 2. The fraction of sp³-hybridized carbons (Fsp3) is 0.280. The van der Waals surface area contributed by atoms with Gasteiger partial charge < -0.3 is 18.9 Å². The number of nitrogens with zero attached hydrogens (tertiary/aromatic N) is 2. The van der Waals surface area contributed by atoms with E-state index in [0.717, 1.165) is 34.7 Å². The normalized spacial score (nSPS) is 17.6. The zero-order chi connectivity index (χ0) is 21.5. The number of benzene rings is 2. The number of pyridine rings is 1. The third-order valence-electron chi connectivity index (χ3n) is 6.16. The molecule has 1 saturated heterocycles. The topological polar surface area (TPSA) is 60.8 Å². The molecule has 6 heteroatoms. The third-order valence-corrected chi connectivity index (χ3v) is 6.16. The van der Waals surface area contributed by atoms with Gasteiger partial charge in [-0.3, -0.25) is 9.59 Å². The Morgan fingerprint density at radius 2 is 1.68 bits per heavy atom. The van der Waals surface area contributed by atoms with E-state index in [0.29, 0.717) is 18.8 Å². The van der Waals surface area contributed by atoms with Gasteiger partial charge in [0, 0.05) is 42.9 Å². The zero-order valence-electron chi connectivity index (χ0n) is 17.6. The molecular formula is C25H24N2O4. The molecule has 2 aliphatic heterocycles. The molecule has 1 fully saturated rings. The minimum Gasteiger partial charge on any atom is -0.488 e. The lowest BCUT2D eigenvalue weighted by Gasteiger charge is -2.30. The second-order valence-corrected chi connectivity index (χ2v) is 8.15. The highest BCUT2D eigenvalue weighted by atomic mass is 16.5. The van der Waals surface area contributed by atoms with Gasteiger partial charge >= 0.3 is 0 Å². The van der Waals surface area contributed by atoms with Gasteiger partial charge in [0.25, 0.3) is 5.56 Å². The molecule has 1 unspecified atom stereocenters. The molecule has 3 aromatic rings. The van der Waals surface area contributed by atoms with E-state index in [9.17, 15) is 9.59 Å². The molecule has 0 radical (unpaired) electrons. The maximum absolute atomic E-state index is 13.6. The summed E-state index contributed by atoms with van der Waals surface area (Å²) in [6.07, 6.45) is 0.591. The molecule has 1 amide bonds. The van der Waals surface area contributed by atoms with Crippen molar-refractivity contribution in [2.45, 2.75) is 25.4 Å². The smallest absolute Gasteiger partial charge is 0.254 e. The molecule has 0 N–H and O–H groups in total. The van der Waals surface area contributed by atoms with Gasteiger partial charge in [-0.25, -0.2) is 0 Å². The minimum atomic E-state index is -0.397. The Hall–Kier alpha value is -3.54. The highest BCUT2D eigenvalue weighted by Gasteiger charge is 2.38. The van der Waals surface area contributed by atoms with Crippen molar-refractivity contribution >= 4 is 5.91 Å². The number of likely N-dealkylation sites (tertiary alicyclic amines) is 1. The first-order valence-corrected chi connectivity index (χ1v) is 10.5. The van der Waals surface area contributed by atoms with E-state index in [1.54, 1.807) is 11.6 Å². The van der Waals surface area contributed by atoms with Crippen molar-refractivity contribution in [3.63, 3.8) is 0 Å². The number of carbonyl (C=O) groups is 1. The molecule has 31 heavy (non-hydrogen) atoms. The summed E-state index contributed by atoms with van der Waals surface area (Å²) in [5.74, 6) is 1.66. The number of rotatable bonds is 3. The molecule has 2 aromatic carbocycles. The number of aryl methyl sites for hydroxylation is 1. The molecule has 158 valence electrons. The summed E-state index contributed by atoms with van der Waals surface area (Å²) < 4.78 is 13.7. The second kappa shape index (κ2) is 7.61. The monoisotopic (exact) mass is 416 g/mol. The van der Waals surface area contributed by atoms with Crippen LogP contribution in [0.4, 0.5) is 0 Å². The van der Waals surface area contributed by atoms with Gasteiger partial charge in [0.2, 0.25) is 5.91 Å². The summed E-state index contributed by atoms with van der Waals surface area (Å²) >= 11 is 0. The summed E-state index contributed by atoms with van der Waals surface area (Å²) in [4.78, 5) is 27.6. The van der Waals surface area contributed by atoms with Crippen LogP contribution >= 0.6 is 0 Å². The largest absolute Gasteiger partial charge is 0.488 e. The van der Waals surface area contributed by atoms with Crippen molar-refractivity contribution in [2.75, 3.05) is 13.1 Å². The average Bonchev–Trinajstić information content (AvgIpc) is 3.23. The van der Waals surface area contributed by atoms with Gasteiger partial charge in [0.1, 0.15) is 23.4 Å². The summed E-state index contributed by atoms with van der Waals surface area (Å²) in [5.41, 5.74) is 2.51. The van der Waals surface area contributed by atoms with Crippen LogP contribution in [-0.2, 0) is 11.8 Å². The predicted octanol–water partition coefficient (Wildman–Crippen LogP) is 3.61. The number of hydrogen-bond donors (Lipinski definition) is 0. The van der Waals surface area contributed by atoms with E-state index >= 15 is 0 Å². The Balaban J connectivity index is 1.38. The van der Waals surface area contributed by atoms with Crippen LogP contribution < -0.4 is 15.0 Å². The SMILES string of the molecule is Cc1cc(OC2CCN(C(=O)C3c4ccccc4Oc4ccccc43)C2)cc(=O)n1C. The van der Waals surface area contributed by atoms with Gasteiger partial charge in [0.05, 0.1) is 12.5 Å². The molecule has 5 rings (SSSR count). The van der Waals surface area contributed by atoms with Crippen molar-refractivity contribution in [2.24, 2.45) is 7.05 Å². The Bertz CT molecular complexity index is 1170. The van der Waals surface area contributed by atoms with E-state index in [2.05, 4.69) is 0 Å². The van der Waals surface area contributed by atoms with Crippen LogP contribution in [0.5, 0.6) is 17.2 Å². The fourth-order valence-corrected chi connectivity index (χ4v) is 4.38. The van der Waals surface area contributed by atoms with Crippen molar-refractivity contribution in [1.29, 1.82) is 0 Å². The van der Waals surface area contributed by atoms with E-state index < -0.39 is 5.92 Å². The highest BCUT2D eigenvalue weighted by Crippen LogP contribution is 2.45. The molecule has 1 atom stereocenters. The average molecular weight is 416 g/mol. The molecule has 1 aromatic heterocycles. The lowest BCUT2D eigenvalue weighted by atomic mass is 9.87.